The van der Waals surface area contributed by atoms with Crippen LogP contribution in [0.3, 0.4) is 0 Å². The van der Waals surface area contributed by atoms with Crippen LogP contribution in [0.25, 0.3) is 10.9 Å². The highest BCUT2D eigenvalue weighted by atomic mass is 16.5. The molecule has 0 radical (unpaired) electrons. The van der Waals surface area contributed by atoms with E-state index in [1.807, 2.05) is 91.9 Å². The molecule has 1 aliphatic rings. The SMILES string of the molecule is [C-]#[N+]C(C#N)=C1C=C(C=Cc2ccc(N(c3ccccc3)c3ccccc3)cc2)OC(C)(c2ccccc2)C1. The highest BCUT2D eigenvalue weighted by Gasteiger charge is 2.34. The zero-order valence-corrected chi connectivity index (χ0v) is 21.7. The second-order valence-corrected chi connectivity index (χ2v) is 9.45. The second-order valence-electron chi connectivity index (χ2n) is 9.45. The van der Waals surface area contributed by atoms with Crippen LogP contribution in [-0.4, -0.2) is 0 Å². The summed E-state index contributed by atoms with van der Waals surface area (Å²) in [6.07, 6.45) is 6.14. The zero-order chi connectivity index (χ0) is 27.1. The van der Waals surface area contributed by atoms with Gasteiger partial charge >= 0.3 is 0 Å². The van der Waals surface area contributed by atoms with Crippen molar-refractivity contribution in [2.75, 3.05) is 4.90 Å². The number of hydrogen-bond donors (Lipinski definition) is 0. The molecule has 0 saturated heterocycles. The third-order valence-corrected chi connectivity index (χ3v) is 6.71. The highest BCUT2D eigenvalue weighted by molar-refractivity contribution is 5.77. The Kier molecular flexibility index (Phi) is 7.39. The van der Waals surface area contributed by atoms with Gasteiger partial charge in [-0.15, -0.1) is 0 Å². The maximum Gasteiger partial charge on any atom is 0.265 e. The Hall–Kier alpha value is -5.32. The molecule has 4 aromatic rings. The van der Waals surface area contributed by atoms with E-state index in [-0.39, 0.29) is 5.70 Å². The number of para-hydroxylation sites is 2. The molecule has 1 heterocycles. The first-order valence-electron chi connectivity index (χ1n) is 12.7. The minimum Gasteiger partial charge on any atom is -0.483 e. The Morgan fingerprint density at radius 2 is 1.36 bits per heavy atom. The summed E-state index contributed by atoms with van der Waals surface area (Å²) in [5.41, 5.74) is 5.31. The molecular weight excluding hydrogens is 478 g/mol. The molecule has 0 bridgehead atoms. The van der Waals surface area contributed by atoms with E-state index >= 15 is 0 Å². The van der Waals surface area contributed by atoms with Crippen molar-refractivity contribution in [2.24, 2.45) is 0 Å². The topological polar surface area (TPSA) is 40.6 Å². The largest absolute Gasteiger partial charge is 0.483 e. The quantitative estimate of drug-likeness (QED) is 0.194. The summed E-state index contributed by atoms with van der Waals surface area (Å²) >= 11 is 0. The van der Waals surface area contributed by atoms with Crippen LogP contribution in [0.4, 0.5) is 17.1 Å². The number of benzene rings is 4. The monoisotopic (exact) mass is 505 g/mol. The van der Waals surface area contributed by atoms with Gasteiger partial charge in [-0.1, -0.05) is 84.9 Å². The van der Waals surface area contributed by atoms with E-state index in [1.54, 1.807) is 6.08 Å². The van der Waals surface area contributed by atoms with Gasteiger partial charge in [0.25, 0.3) is 5.70 Å². The molecule has 4 nitrogen and oxygen atoms in total. The minimum atomic E-state index is -0.687. The van der Waals surface area contributed by atoms with Crippen molar-refractivity contribution in [3.8, 4) is 6.07 Å². The molecule has 5 rings (SSSR count). The summed E-state index contributed by atoms with van der Waals surface area (Å²) in [7, 11) is 0. The van der Waals surface area contributed by atoms with Gasteiger partial charge in [-0.05, 0) is 72.2 Å². The Labute approximate surface area is 229 Å². The lowest BCUT2D eigenvalue weighted by Crippen LogP contribution is -2.29. The first-order valence-corrected chi connectivity index (χ1v) is 12.7. The van der Waals surface area contributed by atoms with Gasteiger partial charge in [0.2, 0.25) is 0 Å². The van der Waals surface area contributed by atoms with Gasteiger partial charge in [0.05, 0.1) is 12.6 Å². The summed E-state index contributed by atoms with van der Waals surface area (Å²) in [4.78, 5) is 5.68. The maximum absolute atomic E-state index is 9.54. The van der Waals surface area contributed by atoms with Crippen molar-refractivity contribution in [3.05, 3.63) is 167 Å². The predicted octanol–water partition coefficient (Wildman–Crippen LogP) is 9.09. The second kappa shape index (κ2) is 11.4. The van der Waals surface area contributed by atoms with Crippen molar-refractivity contribution in [3.63, 3.8) is 0 Å². The number of rotatable bonds is 6. The molecule has 4 aromatic carbocycles. The van der Waals surface area contributed by atoms with Crippen molar-refractivity contribution in [1.29, 1.82) is 5.26 Å². The summed E-state index contributed by atoms with van der Waals surface area (Å²) in [6.45, 7) is 9.46. The first kappa shape index (κ1) is 25.3. The summed E-state index contributed by atoms with van der Waals surface area (Å²) in [5.74, 6) is 0.610. The standard InChI is InChI=1S/C35H27N3O/c1-35(29-12-6-3-7-13-29)25-28(34(26-36)37-2)24-33(39-35)23-20-27-18-21-32(22-19-27)38(30-14-8-4-9-15-30)31-16-10-5-11-17-31/h3-24H,25H2,1H3. The molecule has 39 heavy (non-hydrogen) atoms. The van der Waals surface area contributed by atoms with Gasteiger partial charge in [-0.3, -0.25) is 0 Å². The number of anilines is 3. The molecular formula is C35H27N3O. The van der Waals surface area contributed by atoms with E-state index < -0.39 is 5.60 Å². The molecule has 188 valence electrons. The Balaban J connectivity index is 1.45. The summed E-state index contributed by atoms with van der Waals surface area (Å²) in [5, 5.41) is 9.54. The van der Waals surface area contributed by atoms with Gasteiger partial charge in [0, 0.05) is 23.5 Å². The molecule has 0 aromatic heterocycles. The number of hydrogen-bond acceptors (Lipinski definition) is 3. The fourth-order valence-corrected chi connectivity index (χ4v) is 4.78. The molecule has 1 aliphatic heterocycles. The average molecular weight is 506 g/mol. The highest BCUT2D eigenvalue weighted by Crippen LogP contribution is 2.40. The Morgan fingerprint density at radius 1 is 0.821 bits per heavy atom. The minimum absolute atomic E-state index is 0.0950. The Morgan fingerprint density at radius 3 is 1.90 bits per heavy atom. The van der Waals surface area contributed by atoms with E-state index in [2.05, 4.69) is 58.3 Å². The van der Waals surface area contributed by atoms with E-state index in [0.717, 1.165) is 28.2 Å². The fourth-order valence-electron chi connectivity index (χ4n) is 4.78. The normalized spacial score (nSPS) is 17.9. The van der Waals surface area contributed by atoms with E-state index in [4.69, 9.17) is 11.3 Å². The third-order valence-electron chi connectivity index (χ3n) is 6.71. The van der Waals surface area contributed by atoms with Crippen molar-refractivity contribution in [2.45, 2.75) is 18.9 Å². The average Bonchev–Trinajstić information content (AvgIpc) is 2.99. The summed E-state index contributed by atoms with van der Waals surface area (Å²) in [6, 6.07) is 40.9. The van der Waals surface area contributed by atoms with Gasteiger partial charge in [-0.2, -0.15) is 0 Å². The van der Waals surface area contributed by atoms with Crippen LogP contribution >= 0.6 is 0 Å². The fraction of sp³-hybridized carbons (Fsp3) is 0.0857. The van der Waals surface area contributed by atoms with Crippen LogP contribution in [-0.2, 0) is 10.3 Å². The van der Waals surface area contributed by atoms with Crippen LogP contribution in [0.1, 0.15) is 24.5 Å². The molecule has 0 saturated carbocycles. The number of ether oxygens (including phenoxy) is 1. The van der Waals surface area contributed by atoms with Crippen molar-refractivity contribution < 1.29 is 4.74 Å². The predicted molar refractivity (Wildman–Crippen MR) is 157 cm³/mol. The molecule has 0 spiro atoms. The van der Waals surface area contributed by atoms with Crippen molar-refractivity contribution in [1.82, 2.24) is 0 Å². The molecule has 1 unspecified atom stereocenters. The molecule has 0 fully saturated rings. The van der Waals surface area contributed by atoms with Gasteiger partial charge in [0.15, 0.2) is 0 Å². The first-order chi connectivity index (χ1) is 19.1. The maximum atomic E-state index is 9.54. The van der Waals surface area contributed by atoms with Gasteiger partial charge in [0.1, 0.15) is 11.4 Å². The number of nitriles is 1. The molecule has 0 N–H and O–H groups in total. The molecule has 0 amide bonds. The van der Waals surface area contributed by atoms with Gasteiger partial charge in [-0.25, -0.2) is 10.1 Å². The van der Waals surface area contributed by atoms with Crippen LogP contribution in [0, 0.1) is 17.9 Å². The van der Waals surface area contributed by atoms with Crippen LogP contribution in [0.15, 0.2) is 144 Å². The van der Waals surface area contributed by atoms with E-state index in [0.29, 0.717) is 17.8 Å². The van der Waals surface area contributed by atoms with Crippen LogP contribution in [0.2, 0.25) is 0 Å². The van der Waals surface area contributed by atoms with E-state index in [1.165, 1.54) is 0 Å². The van der Waals surface area contributed by atoms with E-state index in [9.17, 15) is 5.26 Å². The number of nitrogens with zero attached hydrogens (tertiary/aromatic N) is 3. The molecule has 1 atom stereocenters. The molecule has 0 aliphatic carbocycles. The lowest BCUT2D eigenvalue weighted by molar-refractivity contribution is 0.0143. The third kappa shape index (κ3) is 5.67. The van der Waals surface area contributed by atoms with Gasteiger partial charge < -0.3 is 9.64 Å². The smallest absolute Gasteiger partial charge is 0.265 e. The van der Waals surface area contributed by atoms with Crippen LogP contribution < -0.4 is 4.90 Å². The number of allylic oxidation sites excluding steroid dienone is 3. The molecule has 4 heteroatoms. The Bertz CT molecular complexity index is 1550. The van der Waals surface area contributed by atoms with Crippen LogP contribution in [0.5, 0.6) is 0 Å². The summed E-state index contributed by atoms with van der Waals surface area (Å²) < 4.78 is 6.45. The lowest BCUT2D eigenvalue weighted by Gasteiger charge is -2.36. The van der Waals surface area contributed by atoms with Crippen molar-refractivity contribution >= 4 is 23.1 Å². The lowest BCUT2D eigenvalue weighted by atomic mass is 9.85. The zero-order valence-electron chi connectivity index (χ0n) is 21.7.